The number of nitrogens with two attached hydrogens (primary N) is 1. The van der Waals surface area contributed by atoms with Crippen LogP contribution in [0.3, 0.4) is 0 Å². The second-order valence-electron chi connectivity index (χ2n) is 3.55. The molecule has 6 heteroatoms. The molecule has 0 saturated heterocycles. The molecular weight excluding hydrogens is 293 g/mol. The van der Waals surface area contributed by atoms with Crippen molar-refractivity contribution < 1.29 is 19.0 Å². The predicted octanol–water partition coefficient (Wildman–Crippen LogP) is 2.46. The Labute approximate surface area is 107 Å². The van der Waals surface area contributed by atoms with Crippen molar-refractivity contribution in [2.45, 2.75) is 18.9 Å². The number of carbonyl (C=O) groups is 1. The maximum absolute atomic E-state index is 13.7. The Kier molecular flexibility index (Phi) is 4.89. The van der Waals surface area contributed by atoms with Gasteiger partial charge in [0.05, 0.1) is 11.6 Å². The van der Waals surface area contributed by atoms with Gasteiger partial charge in [0.1, 0.15) is 11.6 Å². The van der Waals surface area contributed by atoms with Crippen LogP contribution in [0.1, 0.15) is 24.4 Å². The van der Waals surface area contributed by atoms with E-state index in [0.717, 1.165) is 0 Å². The van der Waals surface area contributed by atoms with Gasteiger partial charge in [0.2, 0.25) is 0 Å². The lowest BCUT2D eigenvalue weighted by atomic mass is 10.0. The van der Waals surface area contributed by atoms with Gasteiger partial charge in [-0.3, -0.25) is 4.79 Å². The van der Waals surface area contributed by atoms with Crippen LogP contribution in [0.15, 0.2) is 16.6 Å². The van der Waals surface area contributed by atoms with Crippen molar-refractivity contribution in [1.82, 2.24) is 0 Å². The van der Waals surface area contributed by atoms with E-state index in [4.69, 9.17) is 15.6 Å². The molecule has 0 amide bonds. The van der Waals surface area contributed by atoms with Gasteiger partial charge in [0.15, 0.2) is 0 Å². The Morgan fingerprint density at radius 1 is 1.65 bits per heavy atom. The minimum Gasteiger partial charge on any atom is -0.495 e. The summed E-state index contributed by atoms with van der Waals surface area (Å²) >= 11 is 3.23. The van der Waals surface area contributed by atoms with Gasteiger partial charge in [-0.05, 0) is 28.4 Å². The number of carboxylic acid groups (broad SMARTS) is 1. The van der Waals surface area contributed by atoms with E-state index in [1.165, 1.54) is 19.2 Å². The summed E-state index contributed by atoms with van der Waals surface area (Å²) < 4.78 is 19.2. The van der Waals surface area contributed by atoms with Crippen LogP contribution in [-0.4, -0.2) is 18.2 Å². The summed E-state index contributed by atoms with van der Waals surface area (Å²) in [6, 6.07) is 2.09. The third-order valence-corrected chi connectivity index (χ3v) is 2.96. The van der Waals surface area contributed by atoms with E-state index in [9.17, 15) is 9.18 Å². The highest BCUT2D eigenvalue weighted by Gasteiger charge is 2.16. The number of hydrogen-bond acceptors (Lipinski definition) is 3. The molecule has 0 saturated carbocycles. The highest BCUT2D eigenvalue weighted by atomic mass is 79.9. The third-order valence-electron chi connectivity index (χ3n) is 2.34. The zero-order valence-corrected chi connectivity index (χ0v) is 10.8. The molecule has 94 valence electrons. The van der Waals surface area contributed by atoms with Crippen molar-refractivity contribution in [3.05, 3.63) is 28.0 Å². The van der Waals surface area contributed by atoms with Gasteiger partial charge in [-0.15, -0.1) is 0 Å². The molecule has 4 nitrogen and oxygen atoms in total. The van der Waals surface area contributed by atoms with Crippen LogP contribution >= 0.6 is 15.9 Å². The summed E-state index contributed by atoms with van der Waals surface area (Å²) in [5, 5.41) is 8.54. The van der Waals surface area contributed by atoms with Crippen LogP contribution in [0.2, 0.25) is 0 Å². The van der Waals surface area contributed by atoms with Crippen molar-refractivity contribution in [3.8, 4) is 5.75 Å². The van der Waals surface area contributed by atoms with Gasteiger partial charge >= 0.3 is 5.97 Å². The summed E-state index contributed by atoms with van der Waals surface area (Å²) in [6.45, 7) is 0. The van der Waals surface area contributed by atoms with E-state index in [2.05, 4.69) is 15.9 Å². The van der Waals surface area contributed by atoms with Gasteiger partial charge in [0.25, 0.3) is 0 Å². The summed E-state index contributed by atoms with van der Waals surface area (Å²) in [5.41, 5.74) is 6.02. The average Bonchev–Trinajstić information content (AvgIpc) is 2.28. The molecule has 0 heterocycles. The molecule has 0 aliphatic rings. The van der Waals surface area contributed by atoms with Crippen LogP contribution in [0.25, 0.3) is 0 Å². The maximum atomic E-state index is 13.7. The Bertz CT molecular complexity index is 425. The maximum Gasteiger partial charge on any atom is 0.303 e. The van der Waals surface area contributed by atoms with Crippen LogP contribution in [0.4, 0.5) is 4.39 Å². The second-order valence-corrected chi connectivity index (χ2v) is 4.40. The molecule has 1 aromatic rings. The summed E-state index contributed by atoms with van der Waals surface area (Å²) in [5.74, 6) is -1.08. The monoisotopic (exact) mass is 305 g/mol. The fraction of sp³-hybridized carbons (Fsp3) is 0.364. The number of carboxylic acids is 1. The number of hydrogen-bond donors (Lipinski definition) is 2. The zero-order chi connectivity index (χ0) is 13.0. The predicted molar refractivity (Wildman–Crippen MR) is 64.5 cm³/mol. The van der Waals surface area contributed by atoms with Crippen molar-refractivity contribution in [1.29, 1.82) is 0 Å². The molecule has 0 bridgehead atoms. The first-order chi connectivity index (χ1) is 7.95. The molecule has 0 aliphatic carbocycles. The molecule has 1 aromatic carbocycles. The van der Waals surface area contributed by atoms with Crippen molar-refractivity contribution in [2.24, 2.45) is 5.73 Å². The number of halogens is 2. The number of benzene rings is 1. The number of rotatable bonds is 5. The van der Waals surface area contributed by atoms with Gasteiger partial charge < -0.3 is 15.6 Å². The normalized spacial score (nSPS) is 12.2. The van der Waals surface area contributed by atoms with Crippen LogP contribution in [0.5, 0.6) is 5.75 Å². The standard InChI is InChI=1S/C11H13BrFNO3/c1-17-10-5-8(13)6(4-7(10)12)9(14)2-3-11(15)16/h4-5,9H,2-3,14H2,1H3,(H,15,16). The Morgan fingerprint density at radius 2 is 2.29 bits per heavy atom. The molecule has 3 N–H and O–H groups in total. The van der Waals surface area contributed by atoms with Gasteiger partial charge in [-0.2, -0.15) is 0 Å². The molecule has 0 radical (unpaired) electrons. The van der Waals surface area contributed by atoms with E-state index < -0.39 is 17.8 Å². The fourth-order valence-electron chi connectivity index (χ4n) is 1.42. The minimum absolute atomic E-state index is 0.0930. The molecule has 0 aliphatic heterocycles. The largest absolute Gasteiger partial charge is 0.495 e. The molecule has 1 unspecified atom stereocenters. The lowest BCUT2D eigenvalue weighted by Crippen LogP contribution is -2.14. The zero-order valence-electron chi connectivity index (χ0n) is 9.24. The summed E-state index contributed by atoms with van der Waals surface area (Å²) in [4.78, 5) is 10.4. The van der Waals surface area contributed by atoms with Gasteiger partial charge in [-0.1, -0.05) is 0 Å². The highest BCUT2D eigenvalue weighted by Crippen LogP contribution is 2.31. The van der Waals surface area contributed by atoms with Crippen LogP contribution in [-0.2, 0) is 4.79 Å². The Balaban J connectivity index is 2.90. The fourth-order valence-corrected chi connectivity index (χ4v) is 1.94. The second kappa shape index (κ2) is 5.97. The quantitative estimate of drug-likeness (QED) is 0.876. The highest BCUT2D eigenvalue weighted by molar-refractivity contribution is 9.10. The molecule has 1 atom stereocenters. The number of methoxy groups -OCH3 is 1. The van der Waals surface area contributed by atoms with E-state index >= 15 is 0 Å². The number of aliphatic carboxylic acids is 1. The summed E-state index contributed by atoms with van der Waals surface area (Å²) in [6.07, 6.45) is 0.0925. The first-order valence-corrected chi connectivity index (χ1v) is 5.75. The van der Waals surface area contributed by atoms with Crippen molar-refractivity contribution in [3.63, 3.8) is 0 Å². The SMILES string of the molecule is COc1cc(F)c(C(N)CCC(=O)O)cc1Br. The Hall–Kier alpha value is -1.14. The summed E-state index contributed by atoms with van der Waals surface area (Å²) in [7, 11) is 1.43. The molecule has 0 spiro atoms. The first-order valence-electron chi connectivity index (χ1n) is 4.96. The average molecular weight is 306 g/mol. The van der Waals surface area contributed by atoms with E-state index in [-0.39, 0.29) is 18.4 Å². The first kappa shape index (κ1) is 13.9. The van der Waals surface area contributed by atoms with E-state index in [0.29, 0.717) is 10.2 Å². The van der Waals surface area contributed by atoms with E-state index in [1.54, 1.807) is 0 Å². The lowest BCUT2D eigenvalue weighted by Gasteiger charge is -2.14. The minimum atomic E-state index is -0.951. The van der Waals surface area contributed by atoms with Crippen molar-refractivity contribution in [2.75, 3.05) is 7.11 Å². The Morgan fingerprint density at radius 3 is 2.82 bits per heavy atom. The lowest BCUT2D eigenvalue weighted by molar-refractivity contribution is -0.137. The van der Waals surface area contributed by atoms with Crippen LogP contribution in [0, 0.1) is 5.82 Å². The molecule has 1 rings (SSSR count). The molecule has 0 fully saturated rings. The third kappa shape index (κ3) is 3.67. The topological polar surface area (TPSA) is 72.5 Å². The van der Waals surface area contributed by atoms with Crippen molar-refractivity contribution >= 4 is 21.9 Å². The van der Waals surface area contributed by atoms with Gasteiger partial charge in [-0.25, -0.2) is 4.39 Å². The van der Waals surface area contributed by atoms with Gasteiger partial charge in [0, 0.05) is 24.1 Å². The van der Waals surface area contributed by atoms with E-state index in [1.807, 2.05) is 0 Å². The smallest absolute Gasteiger partial charge is 0.303 e. The van der Waals surface area contributed by atoms with Crippen LogP contribution < -0.4 is 10.5 Å². The molecule has 17 heavy (non-hydrogen) atoms. The number of ether oxygens (including phenoxy) is 1. The molecule has 0 aromatic heterocycles. The molecular formula is C11H13BrFNO3.